The van der Waals surface area contributed by atoms with Gasteiger partial charge in [-0.15, -0.1) is 39.5 Å². The average molecular weight is 1140 g/mol. The van der Waals surface area contributed by atoms with E-state index in [2.05, 4.69) is 67.2 Å². The Balaban J connectivity index is -0.0000000100. The molecule has 3 heteroatoms. The van der Waals surface area contributed by atoms with E-state index in [1.807, 2.05) is 52.8 Å². The molecule has 0 N–H and O–H groups in total. The zero-order valence-electron chi connectivity index (χ0n) is 31.9. The van der Waals surface area contributed by atoms with Gasteiger partial charge >= 0.3 is 63.2 Å². The molecular formula is C39H84Pt3. The van der Waals surface area contributed by atoms with Gasteiger partial charge < -0.3 is 87.1 Å². The van der Waals surface area contributed by atoms with E-state index < -0.39 is 0 Å². The molecule has 0 rings (SSSR count). The Labute approximate surface area is 322 Å². The van der Waals surface area contributed by atoms with Crippen molar-refractivity contribution < 1.29 is 63.2 Å². The summed E-state index contributed by atoms with van der Waals surface area (Å²) in [5.41, 5.74) is 3.71. The summed E-state index contributed by atoms with van der Waals surface area (Å²) in [6.45, 7) is 49.1. The van der Waals surface area contributed by atoms with Gasteiger partial charge in [-0.25, -0.2) is 0 Å². The SMILES string of the molecule is C=CCCC(=C)C.C=CCCC(=C)C.C=CCCC(=C)C.[CH2-]C.[CH2-]C.[CH2-]CC.[CH2-]CC.[CH3-].[CH3-].[CH3-].[CH3-].[CH3-].[CH3-].[CH3-].[CH3-].[Pt+4].[Pt+4].[Pt+4]. The van der Waals surface area contributed by atoms with E-state index in [-0.39, 0.29) is 123 Å². The van der Waals surface area contributed by atoms with Crippen molar-refractivity contribution in [2.75, 3.05) is 0 Å². The third-order valence-corrected chi connectivity index (χ3v) is 2.33. The van der Waals surface area contributed by atoms with E-state index in [9.17, 15) is 0 Å². The van der Waals surface area contributed by atoms with Crippen LogP contribution in [0.2, 0.25) is 0 Å². The average Bonchev–Trinajstić information content (AvgIpc) is 2.74. The van der Waals surface area contributed by atoms with Crippen LogP contribution >= 0.6 is 0 Å². The first kappa shape index (κ1) is 122. The predicted molar refractivity (Wildman–Crippen MR) is 207 cm³/mol. The van der Waals surface area contributed by atoms with E-state index in [4.69, 9.17) is 0 Å². The summed E-state index contributed by atoms with van der Waals surface area (Å²) in [5.74, 6) is 0. The van der Waals surface area contributed by atoms with Crippen molar-refractivity contribution in [3.8, 4) is 0 Å². The largest absolute Gasteiger partial charge is 4.00 e. The minimum Gasteiger partial charge on any atom is -0.358 e. The van der Waals surface area contributed by atoms with Crippen molar-refractivity contribution >= 4 is 0 Å². The van der Waals surface area contributed by atoms with Crippen LogP contribution < -0.4 is 0 Å². The zero-order chi connectivity index (χ0) is 26.5. The number of allylic oxidation sites excluding steroid dienone is 6. The molecule has 0 aliphatic heterocycles. The Hall–Kier alpha value is 0.505. The van der Waals surface area contributed by atoms with Crippen molar-refractivity contribution in [1.82, 2.24) is 0 Å². The van der Waals surface area contributed by atoms with Crippen LogP contribution in [0.5, 0.6) is 0 Å². The maximum absolute atomic E-state index is 3.74. The van der Waals surface area contributed by atoms with Crippen LogP contribution in [0.4, 0.5) is 0 Å². The second-order valence-electron chi connectivity index (χ2n) is 6.35. The first-order valence-corrected chi connectivity index (χ1v) is 11.4. The second-order valence-corrected chi connectivity index (χ2v) is 6.35. The molecule has 42 heavy (non-hydrogen) atoms. The molecule has 0 aromatic rings. The molecule has 0 radical (unpaired) electrons. The summed E-state index contributed by atoms with van der Waals surface area (Å²) >= 11 is 0. The van der Waals surface area contributed by atoms with Gasteiger partial charge in [-0.05, 0) is 59.3 Å². The standard InChI is InChI=1S/3C7H12.2C3H7.2C2H5.8CH3.3Pt/c3*1-4-5-6-7(2)3;2*1-3-2;2*1-2;;;;;;;;;;;/h3*4H,1-2,5-6H2,3H3;2*1,3H2,2H3;2*1H2,2H3;8*1H3;;;/q;;;12*-1;3*+4. The molecule has 0 saturated heterocycles. The van der Waals surface area contributed by atoms with Gasteiger partial charge in [0, 0.05) is 0 Å². The molecule has 0 fully saturated rings. The minimum absolute atomic E-state index is 0. The van der Waals surface area contributed by atoms with E-state index in [0.717, 1.165) is 51.4 Å². The zero-order valence-corrected chi connectivity index (χ0v) is 38.7. The van der Waals surface area contributed by atoms with Gasteiger partial charge in [0.05, 0.1) is 0 Å². The number of hydrogen-bond acceptors (Lipinski definition) is 0. The monoisotopic (exact) mass is 1140 g/mol. The Morgan fingerprint density at radius 3 is 0.571 bits per heavy atom. The van der Waals surface area contributed by atoms with E-state index in [1.54, 1.807) is 13.8 Å². The van der Waals surface area contributed by atoms with Gasteiger partial charge in [-0.1, -0.05) is 48.8 Å². The smallest absolute Gasteiger partial charge is 0.358 e. The summed E-state index contributed by atoms with van der Waals surface area (Å²) in [4.78, 5) is 0. The maximum Gasteiger partial charge on any atom is 4.00 e. The van der Waals surface area contributed by atoms with Crippen LogP contribution in [0.1, 0.15) is 99.8 Å². The molecule has 270 valence electrons. The molecule has 0 aromatic heterocycles. The fraction of sp³-hybridized carbons (Fsp3) is 0.385. The van der Waals surface area contributed by atoms with Crippen LogP contribution in [0.25, 0.3) is 0 Å². The first-order valence-electron chi connectivity index (χ1n) is 11.4. The molecule has 0 saturated carbocycles. The van der Waals surface area contributed by atoms with Gasteiger partial charge in [0.2, 0.25) is 0 Å². The van der Waals surface area contributed by atoms with Crippen LogP contribution in [-0.4, -0.2) is 0 Å². The molecular weight excluding hydrogens is 1050 g/mol. The Morgan fingerprint density at radius 1 is 0.452 bits per heavy atom. The van der Waals surface area contributed by atoms with Gasteiger partial charge in [0.1, 0.15) is 0 Å². The Bertz CT molecular complexity index is 302. The summed E-state index contributed by atoms with van der Waals surface area (Å²) in [6.07, 6.45) is 14.2. The van der Waals surface area contributed by atoms with Crippen LogP contribution in [0.15, 0.2) is 74.4 Å². The van der Waals surface area contributed by atoms with E-state index >= 15 is 0 Å². The molecule has 0 bridgehead atoms. The molecule has 0 nitrogen and oxygen atoms in total. The third-order valence-electron chi connectivity index (χ3n) is 2.33. The minimum atomic E-state index is 0. The molecule has 0 aromatic carbocycles. The maximum atomic E-state index is 3.74. The molecule has 0 atom stereocenters. The Kier molecular flexibility index (Phi) is 470. The quantitative estimate of drug-likeness (QED) is 0.159. The fourth-order valence-electron chi connectivity index (χ4n) is 1.05. The van der Waals surface area contributed by atoms with Crippen molar-refractivity contribution in [3.05, 3.63) is 162 Å². The summed E-state index contributed by atoms with van der Waals surface area (Å²) in [5, 5.41) is 0. The van der Waals surface area contributed by atoms with Gasteiger partial charge in [-0.2, -0.15) is 26.7 Å². The molecule has 0 spiro atoms. The Morgan fingerprint density at radius 2 is 0.548 bits per heavy atom. The van der Waals surface area contributed by atoms with Gasteiger partial charge in [0.25, 0.3) is 0 Å². The third kappa shape index (κ3) is 404. The fourth-order valence-corrected chi connectivity index (χ4v) is 1.05. The van der Waals surface area contributed by atoms with Crippen LogP contribution in [0.3, 0.4) is 0 Å². The topological polar surface area (TPSA) is 0 Å². The van der Waals surface area contributed by atoms with Crippen molar-refractivity contribution in [2.24, 2.45) is 0 Å². The van der Waals surface area contributed by atoms with Crippen LogP contribution in [-0.2, 0) is 63.2 Å². The van der Waals surface area contributed by atoms with E-state index in [1.165, 1.54) is 16.7 Å². The van der Waals surface area contributed by atoms with E-state index in [0.29, 0.717) is 0 Å². The number of rotatable bonds is 9. The van der Waals surface area contributed by atoms with Gasteiger partial charge in [-0.3, -0.25) is 0 Å². The predicted octanol–water partition coefficient (Wildman–Crippen LogP) is 15.3. The summed E-state index contributed by atoms with van der Waals surface area (Å²) < 4.78 is 0. The molecule has 0 amide bonds. The molecule has 0 unspecified atom stereocenters. The molecule has 0 aliphatic carbocycles. The molecule has 0 aliphatic rings. The van der Waals surface area contributed by atoms with Crippen LogP contribution in [0, 0.1) is 87.1 Å². The summed E-state index contributed by atoms with van der Waals surface area (Å²) in [7, 11) is 0. The van der Waals surface area contributed by atoms with Crippen molar-refractivity contribution in [2.45, 2.75) is 99.8 Å². The number of hydrogen-bond donors (Lipinski definition) is 0. The molecule has 0 heterocycles. The second kappa shape index (κ2) is 162. The van der Waals surface area contributed by atoms with Crippen molar-refractivity contribution in [1.29, 1.82) is 0 Å². The normalized spacial score (nSPS) is 5.21. The van der Waals surface area contributed by atoms with Gasteiger partial charge in [0.15, 0.2) is 0 Å². The van der Waals surface area contributed by atoms with Crippen molar-refractivity contribution in [3.63, 3.8) is 0 Å². The first-order chi connectivity index (χ1) is 14.6. The summed E-state index contributed by atoms with van der Waals surface area (Å²) in [6, 6.07) is 0.